The summed E-state index contributed by atoms with van der Waals surface area (Å²) in [7, 11) is 0. The van der Waals surface area contributed by atoms with Crippen molar-refractivity contribution in [1.29, 1.82) is 0 Å². The Morgan fingerprint density at radius 3 is 1.86 bits per heavy atom. The normalized spacial score (nSPS) is 45.7. The Kier molecular flexibility index (Phi) is 0.736. The Morgan fingerprint density at radius 1 is 1.14 bits per heavy atom. The topological polar surface area (TPSA) is 0 Å². The lowest BCUT2D eigenvalue weighted by Crippen LogP contribution is -1.90. The lowest BCUT2D eigenvalue weighted by atomic mass is 10.1. The lowest BCUT2D eigenvalue weighted by Gasteiger charge is -1.94. The summed E-state index contributed by atoms with van der Waals surface area (Å²) in [5, 5.41) is 1.81. The van der Waals surface area contributed by atoms with Crippen LogP contribution in [0.15, 0.2) is 12.2 Å². The molecule has 2 aliphatic heterocycles. The molecule has 0 N–H and O–H groups in total. The second kappa shape index (κ2) is 1.28. The molecule has 2 rings (SSSR count). The van der Waals surface area contributed by atoms with Crippen LogP contribution in [0.1, 0.15) is 12.8 Å². The molecule has 0 nitrogen and oxygen atoms in total. The van der Waals surface area contributed by atoms with Crippen LogP contribution in [0.5, 0.6) is 0 Å². The number of thioether (sulfide) groups is 1. The monoisotopic (exact) mass is 112 g/mol. The third-order valence-electron chi connectivity index (χ3n) is 1.63. The molecule has 2 atom stereocenters. The van der Waals surface area contributed by atoms with Gasteiger partial charge in [0.1, 0.15) is 0 Å². The van der Waals surface area contributed by atoms with Crippen LogP contribution < -0.4 is 0 Å². The van der Waals surface area contributed by atoms with Crippen LogP contribution >= 0.6 is 11.8 Å². The van der Waals surface area contributed by atoms with Crippen LogP contribution in [0.25, 0.3) is 0 Å². The quantitative estimate of drug-likeness (QED) is 0.431. The summed E-state index contributed by atoms with van der Waals surface area (Å²) < 4.78 is 0. The molecule has 0 aromatic carbocycles. The lowest BCUT2D eigenvalue weighted by molar-refractivity contribution is 0.804. The zero-order valence-electron chi connectivity index (χ0n) is 4.13. The molecule has 2 aliphatic rings. The molecular weight excluding hydrogens is 104 g/mol. The van der Waals surface area contributed by atoms with Crippen LogP contribution in [0.4, 0.5) is 0 Å². The second-order valence-corrected chi connectivity index (χ2v) is 3.66. The highest BCUT2D eigenvalue weighted by molar-refractivity contribution is 8.01. The van der Waals surface area contributed by atoms with E-state index in [4.69, 9.17) is 0 Å². The van der Waals surface area contributed by atoms with Crippen molar-refractivity contribution in [2.75, 3.05) is 0 Å². The Labute approximate surface area is 48.0 Å². The van der Waals surface area contributed by atoms with E-state index >= 15 is 0 Å². The van der Waals surface area contributed by atoms with Gasteiger partial charge in [0.2, 0.25) is 0 Å². The third kappa shape index (κ3) is 0.513. The minimum absolute atomic E-state index is 0.907. The third-order valence-corrected chi connectivity index (χ3v) is 3.11. The smallest absolute Gasteiger partial charge is 0.0233 e. The van der Waals surface area contributed by atoms with Crippen molar-refractivity contribution in [2.24, 2.45) is 0 Å². The van der Waals surface area contributed by atoms with Gasteiger partial charge in [0.25, 0.3) is 0 Å². The van der Waals surface area contributed by atoms with Crippen molar-refractivity contribution in [1.82, 2.24) is 0 Å². The minimum Gasteiger partial charge on any atom is -0.147 e. The van der Waals surface area contributed by atoms with Crippen LogP contribution in [0.2, 0.25) is 0 Å². The van der Waals surface area contributed by atoms with E-state index in [1.165, 1.54) is 12.8 Å². The second-order valence-electron chi connectivity index (χ2n) is 2.18. The Morgan fingerprint density at radius 2 is 1.71 bits per heavy atom. The van der Waals surface area contributed by atoms with Gasteiger partial charge in [-0.05, 0) is 12.8 Å². The molecule has 1 heteroatoms. The average molecular weight is 112 g/mol. The molecule has 38 valence electrons. The first-order valence-electron chi connectivity index (χ1n) is 2.79. The molecule has 0 saturated carbocycles. The number of fused-ring (bicyclic) bond motifs is 2. The van der Waals surface area contributed by atoms with Gasteiger partial charge >= 0.3 is 0 Å². The maximum Gasteiger partial charge on any atom is 0.0233 e. The van der Waals surface area contributed by atoms with Gasteiger partial charge in [-0.1, -0.05) is 12.2 Å². The summed E-state index contributed by atoms with van der Waals surface area (Å²) >= 11 is 2.12. The molecule has 0 radical (unpaired) electrons. The Hall–Kier alpha value is 0.0900. The maximum atomic E-state index is 2.35. The SMILES string of the molecule is C1=C[C@H]2CCC1S2. The molecule has 0 spiro atoms. The van der Waals surface area contributed by atoms with Gasteiger partial charge in [-0.25, -0.2) is 0 Å². The summed E-state index contributed by atoms with van der Waals surface area (Å²) in [6.45, 7) is 0. The minimum atomic E-state index is 0.907. The van der Waals surface area contributed by atoms with Crippen LogP contribution in [-0.2, 0) is 0 Å². The Bertz CT molecular complexity index is 94.7. The number of hydrogen-bond acceptors (Lipinski definition) is 1. The summed E-state index contributed by atoms with van der Waals surface area (Å²) in [4.78, 5) is 0. The summed E-state index contributed by atoms with van der Waals surface area (Å²) in [6.07, 6.45) is 7.56. The summed E-state index contributed by atoms with van der Waals surface area (Å²) in [6, 6.07) is 0. The van der Waals surface area contributed by atoms with E-state index in [0.717, 1.165) is 10.5 Å². The van der Waals surface area contributed by atoms with Gasteiger partial charge in [0, 0.05) is 10.5 Å². The van der Waals surface area contributed by atoms with Crippen molar-refractivity contribution < 1.29 is 0 Å². The van der Waals surface area contributed by atoms with E-state index in [1.54, 1.807) is 0 Å². The predicted octanol–water partition coefficient (Wildman–Crippen LogP) is 1.82. The van der Waals surface area contributed by atoms with Gasteiger partial charge in [-0.15, -0.1) is 11.8 Å². The molecule has 2 heterocycles. The van der Waals surface area contributed by atoms with Crippen molar-refractivity contribution in [3.05, 3.63) is 12.2 Å². The molecule has 1 unspecified atom stereocenters. The molecular formula is C6H8S. The standard InChI is InChI=1S/C6H8S/c1-2-6-4-3-5(1)7-6/h1-2,5-6H,3-4H2/t5-,6?/m0/s1. The molecule has 0 aromatic heterocycles. The van der Waals surface area contributed by atoms with E-state index < -0.39 is 0 Å². The molecule has 2 bridgehead atoms. The van der Waals surface area contributed by atoms with Gasteiger partial charge in [-0.2, -0.15) is 0 Å². The summed E-state index contributed by atoms with van der Waals surface area (Å²) in [5.41, 5.74) is 0. The summed E-state index contributed by atoms with van der Waals surface area (Å²) in [5.74, 6) is 0. The van der Waals surface area contributed by atoms with Gasteiger partial charge in [-0.3, -0.25) is 0 Å². The number of hydrogen-bond donors (Lipinski definition) is 0. The first-order valence-corrected chi connectivity index (χ1v) is 3.73. The fraction of sp³-hybridized carbons (Fsp3) is 0.667. The van der Waals surface area contributed by atoms with Crippen molar-refractivity contribution >= 4 is 11.8 Å². The van der Waals surface area contributed by atoms with Gasteiger partial charge in [0.05, 0.1) is 0 Å². The van der Waals surface area contributed by atoms with Crippen LogP contribution in [0, 0.1) is 0 Å². The fourth-order valence-corrected chi connectivity index (χ4v) is 2.58. The van der Waals surface area contributed by atoms with Gasteiger partial charge in [0.15, 0.2) is 0 Å². The zero-order chi connectivity index (χ0) is 4.69. The predicted molar refractivity (Wildman–Crippen MR) is 33.5 cm³/mol. The molecule has 7 heavy (non-hydrogen) atoms. The Balaban J connectivity index is 2.27. The van der Waals surface area contributed by atoms with E-state index in [-0.39, 0.29) is 0 Å². The molecule has 0 aliphatic carbocycles. The first kappa shape index (κ1) is 4.02. The fourth-order valence-electron chi connectivity index (χ4n) is 1.22. The molecule has 1 fully saturated rings. The molecule has 0 amide bonds. The largest absolute Gasteiger partial charge is 0.147 e. The van der Waals surface area contributed by atoms with E-state index in [1.807, 2.05) is 0 Å². The van der Waals surface area contributed by atoms with E-state index in [9.17, 15) is 0 Å². The van der Waals surface area contributed by atoms with Crippen molar-refractivity contribution in [2.45, 2.75) is 23.3 Å². The van der Waals surface area contributed by atoms with Crippen LogP contribution in [-0.4, -0.2) is 10.5 Å². The highest BCUT2D eigenvalue weighted by atomic mass is 32.2. The zero-order valence-corrected chi connectivity index (χ0v) is 4.95. The number of rotatable bonds is 0. The van der Waals surface area contributed by atoms with Crippen LogP contribution in [0.3, 0.4) is 0 Å². The highest BCUT2D eigenvalue weighted by Gasteiger charge is 2.25. The van der Waals surface area contributed by atoms with E-state index in [0.29, 0.717) is 0 Å². The molecule has 0 aromatic rings. The van der Waals surface area contributed by atoms with Crippen molar-refractivity contribution in [3.8, 4) is 0 Å². The first-order chi connectivity index (χ1) is 3.45. The van der Waals surface area contributed by atoms with Gasteiger partial charge < -0.3 is 0 Å². The highest BCUT2D eigenvalue weighted by Crippen LogP contribution is 2.40. The maximum absolute atomic E-state index is 2.35. The van der Waals surface area contributed by atoms with Crippen molar-refractivity contribution in [3.63, 3.8) is 0 Å². The van der Waals surface area contributed by atoms with E-state index in [2.05, 4.69) is 23.9 Å². The average Bonchev–Trinajstić information content (AvgIpc) is 2.22. The molecule has 1 saturated heterocycles.